The highest BCUT2D eigenvalue weighted by atomic mass is 35.5. The molecule has 3 rings (SSSR count). The van der Waals surface area contributed by atoms with E-state index < -0.39 is 0 Å². The van der Waals surface area contributed by atoms with E-state index in [9.17, 15) is 0 Å². The Labute approximate surface area is 125 Å². The van der Waals surface area contributed by atoms with Crippen LogP contribution in [0, 0.1) is 0 Å². The standard InChI is InChI=1S/C11H15ClN2.C5H5N/c12-11-3-1-2-10(8-11)9-14-6-4-13-5-7-14;1-2-4-6-5-3-1/h1-3,8,13H,4-7,9H2;1-5H. The molecule has 1 aliphatic rings. The summed E-state index contributed by atoms with van der Waals surface area (Å²) >= 11 is 5.93. The maximum absolute atomic E-state index is 5.93. The molecule has 0 unspecified atom stereocenters. The largest absolute Gasteiger partial charge is 0.314 e. The van der Waals surface area contributed by atoms with Gasteiger partial charge in [-0.05, 0) is 29.8 Å². The number of benzene rings is 1. The van der Waals surface area contributed by atoms with Crippen molar-refractivity contribution in [3.05, 3.63) is 65.4 Å². The monoisotopic (exact) mass is 289 g/mol. The van der Waals surface area contributed by atoms with Crippen LogP contribution in [0.5, 0.6) is 0 Å². The fourth-order valence-electron chi connectivity index (χ4n) is 2.08. The predicted molar refractivity (Wildman–Crippen MR) is 83.8 cm³/mol. The number of aromatic nitrogens is 1. The van der Waals surface area contributed by atoms with E-state index in [1.165, 1.54) is 5.56 Å². The zero-order chi connectivity index (χ0) is 14.0. The van der Waals surface area contributed by atoms with Gasteiger partial charge in [-0.1, -0.05) is 29.8 Å². The SMILES string of the molecule is Clc1cccc(CN2CCNCC2)c1.c1ccncc1. The second-order valence-corrected chi connectivity index (χ2v) is 5.12. The minimum absolute atomic E-state index is 0.831. The van der Waals surface area contributed by atoms with Crippen molar-refractivity contribution in [3.63, 3.8) is 0 Å². The van der Waals surface area contributed by atoms with Crippen molar-refractivity contribution < 1.29 is 0 Å². The molecule has 0 spiro atoms. The van der Waals surface area contributed by atoms with Crippen molar-refractivity contribution >= 4 is 11.6 Å². The molecular weight excluding hydrogens is 270 g/mol. The van der Waals surface area contributed by atoms with Gasteiger partial charge >= 0.3 is 0 Å². The highest BCUT2D eigenvalue weighted by molar-refractivity contribution is 6.30. The summed E-state index contributed by atoms with van der Waals surface area (Å²) in [5.41, 5.74) is 1.31. The summed E-state index contributed by atoms with van der Waals surface area (Å²) in [4.78, 5) is 6.23. The van der Waals surface area contributed by atoms with Gasteiger partial charge < -0.3 is 5.32 Å². The molecule has 2 heterocycles. The van der Waals surface area contributed by atoms with E-state index in [1.54, 1.807) is 12.4 Å². The molecule has 1 aliphatic heterocycles. The third-order valence-corrected chi connectivity index (χ3v) is 3.31. The number of halogens is 1. The lowest BCUT2D eigenvalue weighted by atomic mass is 10.2. The first kappa shape index (κ1) is 15.0. The lowest BCUT2D eigenvalue weighted by molar-refractivity contribution is 0.233. The van der Waals surface area contributed by atoms with E-state index in [-0.39, 0.29) is 0 Å². The predicted octanol–water partition coefficient (Wildman–Crippen LogP) is 2.83. The molecule has 1 saturated heterocycles. The number of hydrogen-bond acceptors (Lipinski definition) is 3. The lowest BCUT2D eigenvalue weighted by Gasteiger charge is -2.27. The van der Waals surface area contributed by atoms with Gasteiger partial charge in [-0.3, -0.25) is 9.88 Å². The topological polar surface area (TPSA) is 28.2 Å². The number of pyridine rings is 1. The molecule has 20 heavy (non-hydrogen) atoms. The molecule has 3 nitrogen and oxygen atoms in total. The molecule has 0 saturated carbocycles. The molecule has 4 heteroatoms. The summed E-state index contributed by atoms with van der Waals surface area (Å²) in [5, 5.41) is 4.18. The highest BCUT2D eigenvalue weighted by Gasteiger charge is 2.09. The Bertz CT molecular complexity index is 457. The van der Waals surface area contributed by atoms with Crippen LogP contribution in [0.2, 0.25) is 5.02 Å². The second kappa shape index (κ2) is 8.69. The van der Waals surface area contributed by atoms with Gasteiger partial charge in [0.05, 0.1) is 0 Å². The lowest BCUT2D eigenvalue weighted by Crippen LogP contribution is -2.42. The molecule has 1 aromatic carbocycles. The van der Waals surface area contributed by atoms with E-state index in [2.05, 4.69) is 21.3 Å². The number of hydrogen-bond donors (Lipinski definition) is 1. The molecule has 0 amide bonds. The fraction of sp³-hybridized carbons (Fsp3) is 0.312. The Morgan fingerprint density at radius 2 is 1.80 bits per heavy atom. The molecule has 0 aliphatic carbocycles. The number of rotatable bonds is 2. The van der Waals surface area contributed by atoms with Crippen molar-refractivity contribution in [1.29, 1.82) is 0 Å². The van der Waals surface area contributed by atoms with Gasteiger partial charge in [-0.15, -0.1) is 0 Å². The first-order valence-corrected chi connectivity index (χ1v) is 7.25. The minimum Gasteiger partial charge on any atom is -0.314 e. The van der Waals surface area contributed by atoms with E-state index in [0.29, 0.717) is 0 Å². The number of piperazine rings is 1. The zero-order valence-electron chi connectivity index (χ0n) is 11.5. The Balaban J connectivity index is 0.000000205. The van der Waals surface area contributed by atoms with E-state index in [4.69, 9.17) is 11.6 Å². The van der Waals surface area contributed by atoms with E-state index in [0.717, 1.165) is 37.7 Å². The van der Waals surface area contributed by atoms with Gasteiger partial charge in [0, 0.05) is 50.1 Å². The second-order valence-electron chi connectivity index (χ2n) is 4.68. The maximum Gasteiger partial charge on any atom is 0.0409 e. The van der Waals surface area contributed by atoms with Gasteiger partial charge in [-0.25, -0.2) is 0 Å². The molecule has 1 N–H and O–H groups in total. The number of nitrogens with one attached hydrogen (secondary N) is 1. The Hall–Kier alpha value is -1.42. The molecule has 1 fully saturated rings. The molecule has 106 valence electrons. The van der Waals surface area contributed by atoms with Crippen LogP contribution < -0.4 is 5.32 Å². The van der Waals surface area contributed by atoms with Crippen LogP contribution in [0.3, 0.4) is 0 Å². The van der Waals surface area contributed by atoms with Crippen LogP contribution in [0.25, 0.3) is 0 Å². The van der Waals surface area contributed by atoms with Crippen molar-refractivity contribution in [2.75, 3.05) is 26.2 Å². The van der Waals surface area contributed by atoms with Crippen LogP contribution in [0.4, 0.5) is 0 Å². The third kappa shape index (κ3) is 5.70. The molecular formula is C16H20ClN3. The highest BCUT2D eigenvalue weighted by Crippen LogP contribution is 2.12. The average molecular weight is 290 g/mol. The maximum atomic E-state index is 5.93. The van der Waals surface area contributed by atoms with Crippen molar-refractivity contribution in [2.24, 2.45) is 0 Å². The van der Waals surface area contributed by atoms with Crippen LogP contribution >= 0.6 is 11.6 Å². The van der Waals surface area contributed by atoms with Gasteiger partial charge in [0.15, 0.2) is 0 Å². The van der Waals surface area contributed by atoms with Crippen LogP contribution in [0.15, 0.2) is 54.9 Å². The van der Waals surface area contributed by atoms with E-state index >= 15 is 0 Å². The van der Waals surface area contributed by atoms with Crippen LogP contribution in [0.1, 0.15) is 5.56 Å². The molecule has 0 bridgehead atoms. The average Bonchev–Trinajstić information content (AvgIpc) is 2.51. The summed E-state index contributed by atoms with van der Waals surface area (Å²) < 4.78 is 0. The van der Waals surface area contributed by atoms with Gasteiger partial charge in [-0.2, -0.15) is 0 Å². The first-order valence-electron chi connectivity index (χ1n) is 6.87. The van der Waals surface area contributed by atoms with Crippen LogP contribution in [-0.2, 0) is 6.54 Å². The number of nitrogens with zero attached hydrogens (tertiary/aromatic N) is 2. The van der Waals surface area contributed by atoms with Crippen LogP contribution in [-0.4, -0.2) is 36.1 Å². The third-order valence-electron chi connectivity index (χ3n) is 3.07. The Morgan fingerprint density at radius 3 is 2.35 bits per heavy atom. The van der Waals surface area contributed by atoms with Gasteiger partial charge in [0.1, 0.15) is 0 Å². The van der Waals surface area contributed by atoms with Crippen molar-refractivity contribution in [1.82, 2.24) is 15.2 Å². The molecule has 0 atom stereocenters. The Kier molecular flexibility index (Phi) is 6.51. The smallest absolute Gasteiger partial charge is 0.0409 e. The summed E-state index contributed by atoms with van der Waals surface area (Å²) in [6, 6.07) is 13.8. The first-order chi connectivity index (χ1) is 9.84. The van der Waals surface area contributed by atoms with E-state index in [1.807, 2.05) is 36.4 Å². The Morgan fingerprint density at radius 1 is 1.05 bits per heavy atom. The summed E-state index contributed by atoms with van der Waals surface area (Å²) in [6.07, 6.45) is 3.50. The molecule has 1 aromatic heterocycles. The zero-order valence-corrected chi connectivity index (χ0v) is 12.3. The van der Waals surface area contributed by atoms with Crippen molar-refractivity contribution in [3.8, 4) is 0 Å². The van der Waals surface area contributed by atoms with Gasteiger partial charge in [0.2, 0.25) is 0 Å². The minimum atomic E-state index is 0.831. The quantitative estimate of drug-likeness (QED) is 0.921. The van der Waals surface area contributed by atoms with Gasteiger partial charge in [0.25, 0.3) is 0 Å². The molecule has 0 radical (unpaired) electrons. The molecule has 2 aromatic rings. The normalized spacial score (nSPS) is 15.2. The van der Waals surface area contributed by atoms with Crippen molar-refractivity contribution in [2.45, 2.75) is 6.54 Å². The summed E-state index contributed by atoms with van der Waals surface area (Å²) in [5.74, 6) is 0. The fourth-order valence-corrected chi connectivity index (χ4v) is 2.29. The summed E-state index contributed by atoms with van der Waals surface area (Å²) in [7, 11) is 0. The summed E-state index contributed by atoms with van der Waals surface area (Å²) in [6.45, 7) is 5.47.